The van der Waals surface area contributed by atoms with Crippen LogP contribution in [0.25, 0.3) is 0 Å². The van der Waals surface area contributed by atoms with Crippen LogP contribution in [-0.2, 0) is 17.9 Å². The van der Waals surface area contributed by atoms with Crippen molar-refractivity contribution < 1.29 is 9.18 Å². The Hall–Kier alpha value is -3.14. The zero-order valence-corrected chi connectivity index (χ0v) is 19.4. The Balaban J connectivity index is 0.00000289. The Morgan fingerprint density at radius 2 is 1.84 bits per heavy atom. The van der Waals surface area contributed by atoms with E-state index in [0.29, 0.717) is 32.1 Å². The number of carbonyl (C=O) groups is 1. The Morgan fingerprint density at radius 1 is 1.09 bits per heavy atom. The van der Waals surface area contributed by atoms with Crippen molar-refractivity contribution in [1.82, 2.24) is 19.7 Å². The largest absolute Gasteiger partial charge is 0.350 e. The van der Waals surface area contributed by atoms with Gasteiger partial charge in [-0.3, -0.25) is 9.48 Å². The molecule has 3 aromatic rings. The number of hydrogen-bond acceptors (Lipinski definition) is 6. The highest BCUT2D eigenvalue weighted by Crippen LogP contribution is 2.34. The van der Waals surface area contributed by atoms with E-state index in [2.05, 4.69) is 15.4 Å². The van der Waals surface area contributed by atoms with E-state index in [9.17, 15) is 9.18 Å². The van der Waals surface area contributed by atoms with E-state index in [-0.39, 0.29) is 31.3 Å². The normalized spacial score (nSPS) is 15.4. The second-order valence-corrected chi connectivity index (χ2v) is 7.47. The van der Waals surface area contributed by atoms with E-state index in [4.69, 9.17) is 4.98 Å². The predicted octanol–water partition coefficient (Wildman–Crippen LogP) is 3.17. The van der Waals surface area contributed by atoms with Crippen LogP contribution < -0.4 is 15.1 Å². The fourth-order valence-electron chi connectivity index (χ4n) is 3.81. The lowest BCUT2D eigenvalue weighted by Gasteiger charge is -2.39. The molecule has 0 bridgehead atoms. The van der Waals surface area contributed by atoms with E-state index >= 15 is 0 Å². The number of fused-ring (bicyclic) bond motifs is 1. The minimum absolute atomic E-state index is 0. The van der Waals surface area contributed by atoms with E-state index < -0.39 is 0 Å². The lowest BCUT2D eigenvalue weighted by Crippen LogP contribution is -2.52. The van der Waals surface area contributed by atoms with Crippen molar-refractivity contribution in [3.8, 4) is 0 Å². The summed E-state index contributed by atoms with van der Waals surface area (Å²) in [5.41, 5.74) is 2.70. The average molecular weight is 458 g/mol. The van der Waals surface area contributed by atoms with Gasteiger partial charge in [-0.2, -0.15) is 23.6 Å². The molecule has 0 saturated heterocycles. The summed E-state index contributed by atoms with van der Waals surface area (Å²) in [4.78, 5) is 25.5. The van der Waals surface area contributed by atoms with Gasteiger partial charge in [0.05, 0.1) is 18.9 Å². The van der Waals surface area contributed by atoms with Gasteiger partial charge in [0, 0.05) is 31.4 Å². The zero-order chi connectivity index (χ0) is 22.0. The van der Waals surface area contributed by atoms with Gasteiger partial charge in [-0.25, -0.2) is 9.37 Å². The van der Waals surface area contributed by atoms with Gasteiger partial charge in [-0.05, 0) is 38.5 Å². The number of amides is 1. The Morgan fingerprint density at radius 3 is 2.53 bits per heavy atom. The van der Waals surface area contributed by atoms with Crippen LogP contribution in [0.4, 0.5) is 21.8 Å². The quantitative estimate of drug-likeness (QED) is 0.587. The highest BCUT2D eigenvalue weighted by atomic mass is 32.1. The number of hydrogen-bond donors (Lipinski definition) is 1. The SMILES string of the molecule is CCN1C(=O)[C@H](C)N(CC)c2nc(NCc3cnn(Cc4ccc(F)cc4)c3)ncc21.S. The van der Waals surface area contributed by atoms with Crippen molar-refractivity contribution >= 4 is 36.9 Å². The van der Waals surface area contributed by atoms with Crippen LogP contribution in [0, 0.1) is 5.82 Å². The molecule has 2 aromatic heterocycles. The summed E-state index contributed by atoms with van der Waals surface area (Å²) in [5, 5.41) is 7.61. The highest BCUT2D eigenvalue weighted by molar-refractivity contribution is 7.59. The highest BCUT2D eigenvalue weighted by Gasteiger charge is 2.35. The van der Waals surface area contributed by atoms with Crippen molar-refractivity contribution in [2.24, 2.45) is 0 Å². The molecule has 4 rings (SSSR count). The molecule has 0 fully saturated rings. The number of nitrogens with zero attached hydrogens (tertiary/aromatic N) is 6. The first kappa shape index (κ1) is 23.5. The van der Waals surface area contributed by atoms with Crippen LogP contribution >= 0.6 is 13.5 Å². The molecular formula is C22H28FN7OS. The monoisotopic (exact) mass is 457 g/mol. The second kappa shape index (κ2) is 9.99. The predicted molar refractivity (Wildman–Crippen MR) is 128 cm³/mol. The van der Waals surface area contributed by atoms with Crippen LogP contribution in [0.3, 0.4) is 0 Å². The van der Waals surface area contributed by atoms with Crippen LogP contribution in [0.1, 0.15) is 31.9 Å². The average Bonchev–Trinajstić information content (AvgIpc) is 3.22. The van der Waals surface area contributed by atoms with Crippen LogP contribution in [-0.4, -0.2) is 44.8 Å². The van der Waals surface area contributed by atoms with Gasteiger partial charge >= 0.3 is 0 Å². The summed E-state index contributed by atoms with van der Waals surface area (Å²) in [6.07, 6.45) is 5.43. The zero-order valence-electron chi connectivity index (χ0n) is 18.4. The van der Waals surface area contributed by atoms with Gasteiger partial charge in [-0.1, -0.05) is 12.1 Å². The molecule has 1 amide bonds. The van der Waals surface area contributed by atoms with Gasteiger partial charge in [0.15, 0.2) is 5.82 Å². The molecule has 1 N–H and O–H groups in total. The van der Waals surface area contributed by atoms with E-state index in [0.717, 1.165) is 22.6 Å². The third-order valence-corrected chi connectivity index (χ3v) is 5.46. The van der Waals surface area contributed by atoms with Gasteiger partial charge in [0.1, 0.15) is 17.5 Å². The van der Waals surface area contributed by atoms with Gasteiger partial charge in [0.25, 0.3) is 0 Å². The van der Waals surface area contributed by atoms with Gasteiger partial charge in [0.2, 0.25) is 11.9 Å². The molecule has 0 spiro atoms. The molecule has 0 saturated carbocycles. The Kier molecular flexibility index (Phi) is 7.34. The maximum atomic E-state index is 13.1. The van der Waals surface area contributed by atoms with Crippen molar-refractivity contribution in [3.63, 3.8) is 0 Å². The van der Waals surface area contributed by atoms with Crippen LogP contribution in [0.5, 0.6) is 0 Å². The van der Waals surface area contributed by atoms with Crippen molar-refractivity contribution in [3.05, 3.63) is 59.8 Å². The van der Waals surface area contributed by atoms with Gasteiger partial charge in [-0.15, -0.1) is 0 Å². The molecule has 3 heterocycles. The summed E-state index contributed by atoms with van der Waals surface area (Å²) in [6, 6.07) is 6.14. The lowest BCUT2D eigenvalue weighted by atomic mass is 10.1. The molecule has 32 heavy (non-hydrogen) atoms. The number of carbonyl (C=O) groups excluding carboxylic acids is 1. The number of rotatable bonds is 7. The van der Waals surface area contributed by atoms with E-state index in [1.807, 2.05) is 36.5 Å². The summed E-state index contributed by atoms with van der Waals surface area (Å²) in [6.45, 7) is 8.22. The van der Waals surface area contributed by atoms with Crippen molar-refractivity contribution in [2.45, 2.75) is 39.9 Å². The topological polar surface area (TPSA) is 79.2 Å². The maximum absolute atomic E-state index is 13.1. The first-order chi connectivity index (χ1) is 15.0. The second-order valence-electron chi connectivity index (χ2n) is 7.47. The Labute approximate surface area is 193 Å². The molecule has 1 atom stereocenters. The van der Waals surface area contributed by atoms with E-state index in [1.165, 1.54) is 12.1 Å². The minimum Gasteiger partial charge on any atom is -0.350 e. The molecule has 1 aliphatic rings. The molecule has 170 valence electrons. The molecule has 0 radical (unpaired) electrons. The smallest absolute Gasteiger partial charge is 0.249 e. The van der Waals surface area contributed by atoms with E-state index in [1.54, 1.807) is 29.4 Å². The lowest BCUT2D eigenvalue weighted by molar-refractivity contribution is -0.119. The van der Waals surface area contributed by atoms with Gasteiger partial charge < -0.3 is 15.1 Å². The summed E-state index contributed by atoms with van der Waals surface area (Å²) >= 11 is 0. The summed E-state index contributed by atoms with van der Waals surface area (Å²) in [7, 11) is 0. The Bertz CT molecular complexity index is 1070. The third kappa shape index (κ3) is 4.69. The third-order valence-electron chi connectivity index (χ3n) is 5.46. The number of halogens is 1. The first-order valence-corrected chi connectivity index (χ1v) is 10.4. The number of aromatic nitrogens is 4. The summed E-state index contributed by atoms with van der Waals surface area (Å²) < 4.78 is 14.9. The number of benzene rings is 1. The first-order valence-electron chi connectivity index (χ1n) is 10.4. The van der Waals surface area contributed by atoms with Crippen LogP contribution in [0.2, 0.25) is 0 Å². The fraction of sp³-hybridized carbons (Fsp3) is 0.364. The molecule has 1 aromatic carbocycles. The molecule has 0 aliphatic carbocycles. The standard InChI is InChI=1S/C22H26FN7O.H2S/c1-4-29-15(3)21(31)30(5-2)19-12-25-22(27-20(19)29)24-10-17-11-26-28(14-17)13-16-6-8-18(23)9-7-16;/h6-9,11-12,14-15H,4-5,10,13H2,1-3H3,(H,24,25,27);1H2/t15-;/m0./s1. The van der Waals surface area contributed by atoms with Crippen molar-refractivity contribution in [2.75, 3.05) is 28.2 Å². The van der Waals surface area contributed by atoms with Crippen molar-refractivity contribution in [1.29, 1.82) is 0 Å². The molecule has 10 heteroatoms. The molecule has 8 nitrogen and oxygen atoms in total. The minimum atomic E-state index is -0.259. The molecular weight excluding hydrogens is 429 g/mol. The number of anilines is 3. The molecule has 0 unspecified atom stereocenters. The summed E-state index contributed by atoms with van der Waals surface area (Å²) in [5.74, 6) is 1.08. The number of nitrogens with one attached hydrogen (secondary N) is 1. The molecule has 1 aliphatic heterocycles. The maximum Gasteiger partial charge on any atom is 0.249 e. The fourth-order valence-corrected chi connectivity index (χ4v) is 3.81. The van der Waals surface area contributed by atoms with Crippen LogP contribution in [0.15, 0.2) is 42.9 Å². The number of likely N-dealkylation sites (N-methyl/N-ethyl adjacent to an activating group) is 2.